The minimum Gasteiger partial charge on any atom is -0.466 e. The molecule has 28 heavy (non-hydrogen) atoms. The van der Waals surface area contributed by atoms with Crippen LogP contribution in [0.25, 0.3) is 0 Å². The van der Waals surface area contributed by atoms with Crippen molar-refractivity contribution in [1.29, 1.82) is 0 Å². The van der Waals surface area contributed by atoms with Crippen LogP contribution in [0.2, 0.25) is 0 Å². The lowest BCUT2D eigenvalue weighted by atomic mass is 9.73. The summed E-state index contributed by atoms with van der Waals surface area (Å²) in [7, 11) is 0. The van der Waals surface area contributed by atoms with E-state index in [2.05, 4.69) is 15.1 Å². The molecule has 0 atom stereocenters. The standard InChI is InChI=1S/C20H24F3N3O2/c1-2-28-18(27)19(13-15-5-3-4-6-17(15)20(21,22)23)8-11-26(12-9-19)14-16-7-10-24-25-16/h3-7,10H,2,8-9,11-14H2,1H3,(H,24,25). The Balaban J connectivity index is 1.80. The number of nitrogens with one attached hydrogen (secondary N) is 1. The number of carbonyl (C=O) groups excluding carboxylic acids is 1. The molecule has 152 valence electrons. The highest BCUT2D eigenvalue weighted by molar-refractivity contribution is 5.77. The predicted octanol–water partition coefficient (Wildman–Crippen LogP) is 3.82. The number of hydrogen-bond donors (Lipinski definition) is 1. The Morgan fingerprint density at radius 3 is 2.57 bits per heavy atom. The fraction of sp³-hybridized carbons (Fsp3) is 0.500. The van der Waals surface area contributed by atoms with Gasteiger partial charge in [-0.05, 0) is 57.0 Å². The highest BCUT2D eigenvalue weighted by Gasteiger charge is 2.44. The van der Waals surface area contributed by atoms with E-state index in [1.807, 2.05) is 6.07 Å². The summed E-state index contributed by atoms with van der Waals surface area (Å²) in [6.45, 7) is 3.79. The summed E-state index contributed by atoms with van der Waals surface area (Å²) in [4.78, 5) is 14.9. The zero-order chi connectivity index (χ0) is 20.2. The lowest BCUT2D eigenvalue weighted by Crippen LogP contribution is -2.46. The van der Waals surface area contributed by atoms with Crippen molar-refractivity contribution in [2.75, 3.05) is 19.7 Å². The SMILES string of the molecule is CCOC(=O)C1(Cc2ccccc2C(F)(F)F)CCN(Cc2ccn[nH]2)CC1. The van der Waals surface area contributed by atoms with Crippen molar-refractivity contribution in [3.05, 3.63) is 53.3 Å². The fourth-order valence-corrected chi connectivity index (χ4v) is 3.81. The van der Waals surface area contributed by atoms with E-state index in [4.69, 9.17) is 4.74 Å². The molecular formula is C20H24F3N3O2. The summed E-state index contributed by atoms with van der Waals surface area (Å²) in [5.74, 6) is -0.409. The van der Waals surface area contributed by atoms with Crippen molar-refractivity contribution in [2.45, 2.75) is 38.9 Å². The maximum Gasteiger partial charge on any atom is 0.416 e. The highest BCUT2D eigenvalue weighted by Crippen LogP contribution is 2.40. The van der Waals surface area contributed by atoms with Gasteiger partial charge in [-0.15, -0.1) is 0 Å². The molecule has 0 unspecified atom stereocenters. The van der Waals surface area contributed by atoms with Gasteiger partial charge in [0.2, 0.25) is 0 Å². The Hall–Kier alpha value is -2.35. The highest BCUT2D eigenvalue weighted by atomic mass is 19.4. The molecule has 0 saturated carbocycles. The van der Waals surface area contributed by atoms with Crippen molar-refractivity contribution in [3.63, 3.8) is 0 Å². The van der Waals surface area contributed by atoms with Crippen LogP contribution >= 0.6 is 0 Å². The Kier molecular flexibility index (Phi) is 6.07. The first-order valence-corrected chi connectivity index (χ1v) is 9.37. The average Bonchev–Trinajstić information content (AvgIpc) is 3.16. The third-order valence-electron chi connectivity index (χ3n) is 5.33. The molecule has 2 heterocycles. The molecule has 1 aromatic heterocycles. The molecule has 2 aromatic rings. The second kappa shape index (κ2) is 8.34. The molecule has 1 saturated heterocycles. The van der Waals surface area contributed by atoms with Crippen molar-refractivity contribution < 1.29 is 22.7 Å². The summed E-state index contributed by atoms with van der Waals surface area (Å²) < 4.78 is 45.5. The molecule has 5 nitrogen and oxygen atoms in total. The van der Waals surface area contributed by atoms with E-state index in [9.17, 15) is 18.0 Å². The van der Waals surface area contributed by atoms with Crippen LogP contribution in [0.5, 0.6) is 0 Å². The number of ether oxygens (including phenoxy) is 1. The molecular weight excluding hydrogens is 371 g/mol. The van der Waals surface area contributed by atoms with Gasteiger partial charge in [0.05, 0.1) is 17.6 Å². The number of esters is 1. The number of aromatic amines is 1. The van der Waals surface area contributed by atoms with Crippen LogP contribution < -0.4 is 0 Å². The summed E-state index contributed by atoms with van der Waals surface area (Å²) in [6.07, 6.45) is -1.85. The summed E-state index contributed by atoms with van der Waals surface area (Å²) in [5, 5.41) is 6.83. The van der Waals surface area contributed by atoms with E-state index in [0.29, 0.717) is 32.5 Å². The minimum absolute atomic E-state index is 0.0272. The lowest BCUT2D eigenvalue weighted by molar-refractivity contribution is -0.159. The molecule has 0 bridgehead atoms. The first kappa shape index (κ1) is 20.4. The van der Waals surface area contributed by atoms with Gasteiger partial charge in [-0.3, -0.25) is 14.8 Å². The van der Waals surface area contributed by atoms with Gasteiger partial charge in [-0.25, -0.2) is 0 Å². The number of alkyl halides is 3. The third kappa shape index (κ3) is 4.55. The van der Waals surface area contributed by atoms with Gasteiger partial charge in [0.15, 0.2) is 0 Å². The van der Waals surface area contributed by atoms with Crippen molar-refractivity contribution in [2.24, 2.45) is 5.41 Å². The number of hydrogen-bond acceptors (Lipinski definition) is 4. The smallest absolute Gasteiger partial charge is 0.416 e. The molecule has 1 fully saturated rings. The van der Waals surface area contributed by atoms with Gasteiger partial charge in [0.25, 0.3) is 0 Å². The zero-order valence-electron chi connectivity index (χ0n) is 15.8. The quantitative estimate of drug-likeness (QED) is 0.756. The summed E-state index contributed by atoms with van der Waals surface area (Å²) in [5.41, 5.74) is -0.517. The molecule has 8 heteroatoms. The van der Waals surface area contributed by atoms with Gasteiger partial charge >= 0.3 is 12.1 Å². The Bertz CT molecular complexity index is 782. The zero-order valence-corrected chi connectivity index (χ0v) is 15.8. The molecule has 1 aromatic carbocycles. The maximum atomic E-state index is 13.4. The van der Waals surface area contributed by atoms with Crippen molar-refractivity contribution in [3.8, 4) is 0 Å². The average molecular weight is 395 g/mol. The van der Waals surface area contributed by atoms with E-state index in [0.717, 1.165) is 11.8 Å². The van der Waals surface area contributed by atoms with Gasteiger partial charge in [-0.1, -0.05) is 18.2 Å². The van der Waals surface area contributed by atoms with Crippen LogP contribution in [-0.2, 0) is 28.7 Å². The normalized spacial score (nSPS) is 17.4. The Labute approximate surface area is 161 Å². The van der Waals surface area contributed by atoms with Gasteiger partial charge in [0, 0.05) is 18.4 Å². The van der Waals surface area contributed by atoms with Crippen LogP contribution in [0, 0.1) is 5.41 Å². The second-order valence-electron chi connectivity index (χ2n) is 7.19. The molecule has 3 rings (SSSR count). The largest absolute Gasteiger partial charge is 0.466 e. The fourth-order valence-electron chi connectivity index (χ4n) is 3.81. The number of aromatic nitrogens is 2. The topological polar surface area (TPSA) is 58.2 Å². The van der Waals surface area contributed by atoms with Crippen LogP contribution in [0.15, 0.2) is 36.5 Å². The van der Waals surface area contributed by atoms with E-state index in [-0.39, 0.29) is 18.6 Å². The molecule has 1 aliphatic heterocycles. The van der Waals surface area contributed by atoms with Gasteiger partial charge in [-0.2, -0.15) is 18.3 Å². The number of nitrogens with zero attached hydrogens (tertiary/aromatic N) is 2. The monoisotopic (exact) mass is 395 g/mol. The van der Waals surface area contributed by atoms with E-state index >= 15 is 0 Å². The number of benzene rings is 1. The number of carbonyl (C=O) groups is 1. The molecule has 1 N–H and O–H groups in total. The van der Waals surface area contributed by atoms with Gasteiger partial charge < -0.3 is 4.74 Å². The first-order chi connectivity index (χ1) is 13.3. The Morgan fingerprint density at radius 1 is 1.25 bits per heavy atom. The second-order valence-corrected chi connectivity index (χ2v) is 7.19. The molecule has 0 spiro atoms. The first-order valence-electron chi connectivity index (χ1n) is 9.37. The predicted molar refractivity (Wildman–Crippen MR) is 97.3 cm³/mol. The van der Waals surface area contributed by atoms with Crippen LogP contribution in [0.3, 0.4) is 0 Å². The minimum atomic E-state index is -4.45. The lowest BCUT2D eigenvalue weighted by Gasteiger charge is -2.40. The van der Waals surface area contributed by atoms with E-state index < -0.39 is 23.1 Å². The number of halogens is 3. The number of piperidine rings is 1. The molecule has 0 amide bonds. The molecule has 0 aliphatic carbocycles. The van der Waals surface area contributed by atoms with Gasteiger partial charge in [0.1, 0.15) is 0 Å². The molecule has 0 radical (unpaired) electrons. The Morgan fingerprint density at radius 2 is 1.96 bits per heavy atom. The third-order valence-corrected chi connectivity index (χ3v) is 5.33. The van der Waals surface area contributed by atoms with E-state index in [1.165, 1.54) is 12.1 Å². The van der Waals surface area contributed by atoms with Crippen LogP contribution in [-0.4, -0.2) is 40.8 Å². The van der Waals surface area contributed by atoms with Crippen molar-refractivity contribution >= 4 is 5.97 Å². The van der Waals surface area contributed by atoms with Crippen LogP contribution in [0.1, 0.15) is 36.6 Å². The maximum absolute atomic E-state index is 13.4. The number of likely N-dealkylation sites (tertiary alicyclic amines) is 1. The summed E-state index contributed by atoms with van der Waals surface area (Å²) in [6, 6.07) is 7.36. The summed E-state index contributed by atoms with van der Waals surface area (Å²) >= 11 is 0. The van der Waals surface area contributed by atoms with Crippen molar-refractivity contribution in [1.82, 2.24) is 15.1 Å². The van der Waals surface area contributed by atoms with Crippen LogP contribution in [0.4, 0.5) is 13.2 Å². The number of rotatable bonds is 6. The van der Waals surface area contributed by atoms with E-state index in [1.54, 1.807) is 19.2 Å². The molecule has 1 aliphatic rings. The number of H-pyrrole nitrogens is 1.